The van der Waals surface area contributed by atoms with E-state index in [2.05, 4.69) is 4.72 Å². The number of rotatable bonds is 6. The van der Waals surface area contributed by atoms with Crippen LogP contribution >= 0.6 is 0 Å². The molecule has 1 rings (SSSR count). The molecule has 1 aromatic rings. The summed E-state index contributed by atoms with van der Waals surface area (Å²) in [5.41, 5.74) is -0.736. The fourth-order valence-corrected chi connectivity index (χ4v) is 2.74. The van der Waals surface area contributed by atoms with Crippen molar-refractivity contribution in [3.8, 4) is 0 Å². The van der Waals surface area contributed by atoms with E-state index in [9.17, 15) is 8.42 Å². The van der Waals surface area contributed by atoms with Crippen LogP contribution in [0.5, 0.6) is 0 Å². The van der Waals surface area contributed by atoms with Gasteiger partial charge in [-0.3, -0.25) is 0 Å². The Kier molecular flexibility index (Phi) is 4.31. The zero-order chi connectivity index (χ0) is 13.1. The molecule has 0 fully saturated rings. The van der Waals surface area contributed by atoms with Gasteiger partial charge in [-0.1, -0.05) is 0 Å². The molecule has 17 heavy (non-hydrogen) atoms. The number of hydrogen-bond acceptors (Lipinski definition) is 5. The lowest BCUT2D eigenvalue weighted by atomic mass is 10.1. The Labute approximate surface area is 101 Å². The first-order valence-corrected chi connectivity index (χ1v) is 6.51. The number of nitrogens with one attached hydrogen (secondary N) is 1. The molecule has 0 saturated carbocycles. The van der Waals surface area contributed by atoms with E-state index < -0.39 is 15.6 Å². The lowest BCUT2D eigenvalue weighted by Crippen LogP contribution is -2.46. The van der Waals surface area contributed by atoms with Crippen molar-refractivity contribution < 1.29 is 22.7 Å². The normalized spacial score (nSPS) is 12.9. The van der Waals surface area contributed by atoms with E-state index in [1.54, 1.807) is 13.8 Å². The van der Waals surface area contributed by atoms with Gasteiger partial charge in [-0.25, -0.2) is 13.1 Å². The summed E-state index contributed by atoms with van der Waals surface area (Å²) >= 11 is 0. The van der Waals surface area contributed by atoms with Crippen LogP contribution in [0.1, 0.15) is 19.6 Å². The molecular weight excluding hydrogens is 246 g/mol. The molecule has 0 aliphatic heterocycles. The van der Waals surface area contributed by atoms with E-state index in [0.717, 1.165) is 0 Å². The third-order valence-electron chi connectivity index (χ3n) is 1.97. The van der Waals surface area contributed by atoms with Crippen molar-refractivity contribution in [2.45, 2.75) is 31.1 Å². The van der Waals surface area contributed by atoms with Crippen LogP contribution < -0.4 is 4.72 Å². The standard InChI is InChI=1S/C10H17NO5S/c1-10(2,7-15-3)11-17(13,14)9-5-4-8(6-12)16-9/h4-5,11-12H,6-7H2,1-3H3. The fraction of sp³-hybridized carbons (Fsp3) is 0.600. The molecule has 0 amide bonds. The van der Waals surface area contributed by atoms with Crippen molar-refractivity contribution >= 4 is 10.0 Å². The van der Waals surface area contributed by atoms with E-state index in [4.69, 9.17) is 14.3 Å². The van der Waals surface area contributed by atoms with Crippen molar-refractivity contribution in [1.82, 2.24) is 4.72 Å². The highest BCUT2D eigenvalue weighted by molar-refractivity contribution is 7.89. The second kappa shape index (κ2) is 5.18. The third-order valence-corrected chi connectivity index (χ3v) is 3.54. The van der Waals surface area contributed by atoms with Crippen LogP contribution in [-0.2, 0) is 21.4 Å². The number of furan rings is 1. The van der Waals surface area contributed by atoms with Crippen molar-refractivity contribution in [1.29, 1.82) is 0 Å². The molecule has 0 saturated heterocycles. The molecule has 0 aliphatic carbocycles. The van der Waals surface area contributed by atoms with Gasteiger partial charge < -0.3 is 14.3 Å². The van der Waals surface area contributed by atoms with Crippen molar-refractivity contribution in [2.24, 2.45) is 0 Å². The Balaban J connectivity index is 2.88. The number of aliphatic hydroxyl groups excluding tert-OH is 1. The second-order valence-electron chi connectivity index (χ2n) is 4.30. The zero-order valence-corrected chi connectivity index (χ0v) is 10.9. The van der Waals surface area contributed by atoms with Gasteiger partial charge in [0.15, 0.2) is 0 Å². The molecule has 0 spiro atoms. The van der Waals surface area contributed by atoms with Crippen molar-refractivity contribution in [3.05, 3.63) is 17.9 Å². The van der Waals surface area contributed by atoms with Gasteiger partial charge >= 0.3 is 0 Å². The SMILES string of the molecule is COCC(C)(C)NS(=O)(=O)c1ccc(CO)o1. The Morgan fingerprint density at radius 3 is 2.59 bits per heavy atom. The van der Waals surface area contributed by atoms with E-state index in [1.165, 1.54) is 19.2 Å². The van der Waals surface area contributed by atoms with Crippen LogP contribution in [0.15, 0.2) is 21.6 Å². The van der Waals surface area contributed by atoms with Crippen LogP contribution in [0.4, 0.5) is 0 Å². The van der Waals surface area contributed by atoms with Crippen molar-refractivity contribution in [3.63, 3.8) is 0 Å². The third kappa shape index (κ3) is 3.81. The van der Waals surface area contributed by atoms with E-state index in [-0.39, 0.29) is 24.1 Å². The van der Waals surface area contributed by atoms with Crippen LogP contribution in [0.2, 0.25) is 0 Å². The monoisotopic (exact) mass is 263 g/mol. The highest BCUT2D eigenvalue weighted by Crippen LogP contribution is 2.16. The van der Waals surface area contributed by atoms with Crippen LogP contribution in [0, 0.1) is 0 Å². The summed E-state index contributed by atoms with van der Waals surface area (Å²) < 4.78 is 36.2. The Bertz CT molecular complexity index is 463. The average molecular weight is 263 g/mol. The minimum Gasteiger partial charge on any atom is -0.446 e. The molecule has 0 atom stereocenters. The second-order valence-corrected chi connectivity index (χ2v) is 5.91. The molecule has 1 aromatic heterocycles. The summed E-state index contributed by atoms with van der Waals surface area (Å²) in [6.07, 6.45) is 0. The maximum atomic E-state index is 11.9. The lowest BCUT2D eigenvalue weighted by molar-refractivity contribution is 0.141. The quantitative estimate of drug-likeness (QED) is 0.779. The zero-order valence-electron chi connectivity index (χ0n) is 10.1. The van der Waals surface area contributed by atoms with E-state index in [1.807, 2.05) is 0 Å². The highest BCUT2D eigenvalue weighted by Gasteiger charge is 2.28. The first-order chi connectivity index (χ1) is 7.80. The number of methoxy groups -OCH3 is 1. The maximum absolute atomic E-state index is 11.9. The molecule has 0 unspecified atom stereocenters. The van der Waals surface area contributed by atoms with Gasteiger partial charge in [0, 0.05) is 7.11 Å². The summed E-state index contributed by atoms with van der Waals surface area (Å²) in [5, 5.41) is 8.59. The molecule has 0 aromatic carbocycles. The van der Waals surface area contributed by atoms with Gasteiger partial charge in [-0.2, -0.15) is 0 Å². The first kappa shape index (κ1) is 14.2. The molecule has 7 heteroatoms. The number of hydrogen-bond donors (Lipinski definition) is 2. The summed E-state index contributed by atoms with van der Waals surface area (Å²) in [6, 6.07) is 2.72. The van der Waals surface area contributed by atoms with Crippen molar-refractivity contribution in [2.75, 3.05) is 13.7 Å². The van der Waals surface area contributed by atoms with E-state index >= 15 is 0 Å². The van der Waals surface area contributed by atoms with Gasteiger partial charge in [0.2, 0.25) is 5.09 Å². The molecule has 6 nitrogen and oxygen atoms in total. The smallest absolute Gasteiger partial charge is 0.274 e. The summed E-state index contributed by atoms with van der Waals surface area (Å²) in [5.74, 6) is 0.204. The Hall–Kier alpha value is -0.890. The average Bonchev–Trinajstić information content (AvgIpc) is 2.64. The van der Waals surface area contributed by atoms with Gasteiger partial charge in [0.1, 0.15) is 12.4 Å². The molecule has 0 bridgehead atoms. The van der Waals surface area contributed by atoms with E-state index in [0.29, 0.717) is 0 Å². The topological polar surface area (TPSA) is 88.8 Å². The number of ether oxygens (including phenoxy) is 1. The van der Waals surface area contributed by atoms with Gasteiger partial charge in [-0.15, -0.1) is 0 Å². The molecule has 1 heterocycles. The fourth-order valence-electron chi connectivity index (χ4n) is 1.39. The van der Waals surface area contributed by atoms with Gasteiger partial charge in [0.05, 0.1) is 12.1 Å². The molecular formula is C10H17NO5S. The Morgan fingerprint density at radius 2 is 2.12 bits per heavy atom. The van der Waals surface area contributed by atoms with Gasteiger partial charge in [-0.05, 0) is 26.0 Å². The van der Waals surface area contributed by atoms with Crippen LogP contribution in [0.25, 0.3) is 0 Å². The Morgan fingerprint density at radius 1 is 1.47 bits per heavy atom. The number of sulfonamides is 1. The lowest BCUT2D eigenvalue weighted by Gasteiger charge is -2.24. The summed E-state index contributed by atoms with van der Waals surface area (Å²) in [6.45, 7) is 3.30. The van der Waals surface area contributed by atoms with Gasteiger partial charge in [0.25, 0.3) is 10.0 Å². The summed E-state index contributed by atoms with van der Waals surface area (Å²) in [4.78, 5) is 0. The minimum absolute atomic E-state index is 0.204. The maximum Gasteiger partial charge on any atom is 0.274 e. The van der Waals surface area contributed by atoms with Crippen LogP contribution in [0.3, 0.4) is 0 Å². The predicted octanol–water partition coefficient (Wildman–Crippen LogP) is 0.475. The highest BCUT2D eigenvalue weighted by atomic mass is 32.2. The molecule has 0 aliphatic rings. The first-order valence-electron chi connectivity index (χ1n) is 5.03. The largest absolute Gasteiger partial charge is 0.446 e. The predicted molar refractivity (Wildman–Crippen MR) is 60.9 cm³/mol. The number of aliphatic hydroxyl groups is 1. The minimum atomic E-state index is -3.74. The van der Waals surface area contributed by atoms with Crippen LogP contribution in [-0.4, -0.2) is 32.8 Å². The molecule has 2 N–H and O–H groups in total. The molecule has 0 radical (unpaired) electrons. The summed E-state index contributed by atoms with van der Waals surface area (Å²) in [7, 11) is -2.24. The molecule has 98 valence electrons.